The van der Waals surface area contributed by atoms with Crippen LogP contribution < -0.4 is 21.5 Å². The maximum absolute atomic E-state index is 13.1. The molecule has 0 unspecified atom stereocenters. The SMILES string of the molecule is CN1CCN(c2ccc3nc(-c4c(N)c5cc(NCC6CCCCC6)ccc5[nH]c4=O)[nH]c3c2)CC1. The molecule has 0 bridgehead atoms. The summed E-state index contributed by atoms with van der Waals surface area (Å²) in [7, 11) is 2.16. The second-order valence-corrected chi connectivity index (χ2v) is 10.5. The molecule has 2 aromatic carbocycles. The highest BCUT2D eigenvalue weighted by Crippen LogP contribution is 2.31. The number of hydrogen-bond acceptors (Lipinski definition) is 6. The second-order valence-electron chi connectivity index (χ2n) is 10.5. The monoisotopic (exact) mass is 485 g/mol. The van der Waals surface area contributed by atoms with Gasteiger partial charge in [0, 0.05) is 49.5 Å². The molecule has 1 aliphatic heterocycles. The molecule has 2 fully saturated rings. The summed E-state index contributed by atoms with van der Waals surface area (Å²) in [5.74, 6) is 1.23. The number of nitrogens with two attached hydrogens (primary N) is 1. The van der Waals surface area contributed by atoms with Crippen LogP contribution in [0.3, 0.4) is 0 Å². The number of aromatic nitrogens is 3. The van der Waals surface area contributed by atoms with E-state index in [9.17, 15) is 4.79 Å². The van der Waals surface area contributed by atoms with Crippen molar-refractivity contribution in [2.24, 2.45) is 5.92 Å². The zero-order chi connectivity index (χ0) is 24.6. The molecule has 1 saturated carbocycles. The maximum Gasteiger partial charge on any atom is 0.261 e. The number of pyridine rings is 1. The topological polar surface area (TPSA) is 106 Å². The van der Waals surface area contributed by atoms with E-state index in [2.05, 4.69) is 44.3 Å². The number of nitrogens with zero attached hydrogens (tertiary/aromatic N) is 3. The number of anilines is 3. The smallest absolute Gasteiger partial charge is 0.261 e. The number of piperazine rings is 1. The van der Waals surface area contributed by atoms with Gasteiger partial charge in [0.1, 0.15) is 11.4 Å². The molecule has 1 saturated heterocycles. The van der Waals surface area contributed by atoms with Gasteiger partial charge in [-0.3, -0.25) is 4.79 Å². The third-order valence-corrected chi connectivity index (χ3v) is 7.94. The van der Waals surface area contributed by atoms with E-state index in [1.54, 1.807) is 0 Å². The Kier molecular flexibility index (Phi) is 6.05. The summed E-state index contributed by atoms with van der Waals surface area (Å²) in [5, 5.41) is 4.42. The lowest BCUT2D eigenvalue weighted by molar-refractivity contribution is 0.313. The van der Waals surface area contributed by atoms with Crippen molar-refractivity contribution in [3.63, 3.8) is 0 Å². The molecular formula is C28H35N7O. The van der Waals surface area contributed by atoms with Crippen molar-refractivity contribution in [2.75, 3.05) is 55.7 Å². The van der Waals surface area contributed by atoms with E-state index in [4.69, 9.17) is 10.7 Å². The summed E-state index contributed by atoms with van der Waals surface area (Å²) < 4.78 is 0. The van der Waals surface area contributed by atoms with Crippen LogP contribution in [0.2, 0.25) is 0 Å². The number of H-pyrrole nitrogens is 2. The number of fused-ring (bicyclic) bond motifs is 2. The van der Waals surface area contributed by atoms with Crippen LogP contribution in [0.4, 0.5) is 17.1 Å². The molecule has 2 aliphatic rings. The Morgan fingerprint density at radius 2 is 1.81 bits per heavy atom. The predicted octanol–water partition coefficient (Wildman–Crippen LogP) is 4.40. The summed E-state index contributed by atoms with van der Waals surface area (Å²) in [5.41, 5.74) is 11.9. The number of benzene rings is 2. The van der Waals surface area contributed by atoms with Crippen LogP contribution in [0, 0.1) is 5.92 Å². The largest absolute Gasteiger partial charge is 0.397 e. The second kappa shape index (κ2) is 9.50. The standard InChI is InChI=1S/C28H35N7O/c1-34-11-13-35(14-12-34)20-8-10-23-24(16-20)32-27(31-23)25-26(29)21-15-19(7-9-22(21)33-28(25)36)30-17-18-5-3-2-4-6-18/h7-10,15-16,18,30H,2-6,11-14,17H2,1H3,(H,31,32)(H3,29,33,36). The van der Waals surface area contributed by atoms with Gasteiger partial charge in [-0.25, -0.2) is 4.98 Å². The van der Waals surface area contributed by atoms with E-state index in [0.717, 1.165) is 66.3 Å². The molecule has 188 valence electrons. The average molecular weight is 486 g/mol. The summed E-state index contributed by atoms with van der Waals surface area (Å²) >= 11 is 0. The van der Waals surface area contributed by atoms with E-state index in [1.165, 1.54) is 37.8 Å². The Morgan fingerprint density at radius 3 is 2.61 bits per heavy atom. The lowest BCUT2D eigenvalue weighted by atomic mass is 9.89. The number of hydrogen-bond donors (Lipinski definition) is 4. The lowest BCUT2D eigenvalue weighted by Gasteiger charge is -2.34. The Labute approximate surface area is 210 Å². The van der Waals surface area contributed by atoms with Crippen molar-refractivity contribution in [1.82, 2.24) is 19.9 Å². The highest BCUT2D eigenvalue weighted by atomic mass is 16.1. The molecule has 6 rings (SSSR count). The van der Waals surface area contributed by atoms with Gasteiger partial charge in [0.05, 0.1) is 22.2 Å². The molecule has 0 spiro atoms. The van der Waals surface area contributed by atoms with Crippen molar-refractivity contribution in [2.45, 2.75) is 32.1 Å². The highest BCUT2D eigenvalue weighted by molar-refractivity contribution is 5.99. The minimum absolute atomic E-state index is 0.235. The van der Waals surface area contributed by atoms with Crippen LogP contribution in [0.1, 0.15) is 32.1 Å². The van der Waals surface area contributed by atoms with Crippen LogP contribution in [-0.2, 0) is 0 Å². The number of imidazole rings is 1. The maximum atomic E-state index is 13.1. The van der Waals surface area contributed by atoms with Crippen LogP contribution in [-0.4, -0.2) is 59.6 Å². The molecule has 0 atom stereocenters. The van der Waals surface area contributed by atoms with Gasteiger partial charge in [0.25, 0.3) is 5.56 Å². The van der Waals surface area contributed by atoms with Gasteiger partial charge < -0.3 is 30.8 Å². The molecular weight excluding hydrogens is 450 g/mol. The summed E-state index contributed by atoms with van der Waals surface area (Å²) in [4.78, 5) is 28.9. The van der Waals surface area contributed by atoms with Gasteiger partial charge in [-0.1, -0.05) is 19.3 Å². The van der Waals surface area contributed by atoms with E-state index in [0.29, 0.717) is 17.1 Å². The Hall–Kier alpha value is -3.52. The number of likely N-dealkylation sites (N-methyl/N-ethyl adjacent to an activating group) is 1. The molecule has 0 radical (unpaired) electrons. The molecule has 36 heavy (non-hydrogen) atoms. The Morgan fingerprint density at radius 1 is 1.00 bits per heavy atom. The van der Waals surface area contributed by atoms with Crippen molar-refractivity contribution < 1.29 is 0 Å². The van der Waals surface area contributed by atoms with Crippen molar-refractivity contribution >= 4 is 39.0 Å². The first-order valence-corrected chi connectivity index (χ1v) is 13.2. The highest BCUT2D eigenvalue weighted by Gasteiger charge is 2.19. The fraction of sp³-hybridized carbons (Fsp3) is 0.429. The van der Waals surface area contributed by atoms with Gasteiger partial charge in [-0.15, -0.1) is 0 Å². The van der Waals surface area contributed by atoms with Gasteiger partial charge in [-0.2, -0.15) is 0 Å². The molecule has 2 aromatic heterocycles. The summed E-state index contributed by atoms with van der Waals surface area (Å²) in [6.07, 6.45) is 6.61. The van der Waals surface area contributed by atoms with Crippen molar-refractivity contribution in [3.8, 4) is 11.4 Å². The lowest BCUT2D eigenvalue weighted by Crippen LogP contribution is -2.44. The molecule has 8 nitrogen and oxygen atoms in total. The normalized spacial score (nSPS) is 17.8. The van der Waals surface area contributed by atoms with Gasteiger partial charge in [0.2, 0.25) is 0 Å². The molecule has 5 N–H and O–H groups in total. The van der Waals surface area contributed by atoms with Gasteiger partial charge in [-0.05, 0) is 62.2 Å². The summed E-state index contributed by atoms with van der Waals surface area (Å²) in [6, 6.07) is 12.2. The van der Waals surface area contributed by atoms with E-state index < -0.39 is 0 Å². The van der Waals surface area contributed by atoms with E-state index in [-0.39, 0.29) is 5.56 Å². The Bertz CT molecular complexity index is 1440. The molecule has 1 aliphatic carbocycles. The van der Waals surface area contributed by atoms with Crippen molar-refractivity contribution in [1.29, 1.82) is 0 Å². The third kappa shape index (κ3) is 4.41. The zero-order valence-corrected chi connectivity index (χ0v) is 20.9. The zero-order valence-electron chi connectivity index (χ0n) is 20.9. The van der Waals surface area contributed by atoms with Crippen LogP contribution in [0.5, 0.6) is 0 Å². The third-order valence-electron chi connectivity index (χ3n) is 7.94. The van der Waals surface area contributed by atoms with Crippen LogP contribution >= 0.6 is 0 Å². The van der Waals surface area contributed by atoms with Crippen molar-refractivity contribution in [3.05, 3.63) is 46.8 Å². The first kappa shape index (κ1) is 22.9. The van der Waals surface area contributed by atoms with Gasteiger partial charge >= 0.3 is 0 Å². The first-order valence-electron chi connectivity index (χ1n) is 13.2. The number of rotatable bonds is 5. The first-order chi connectivity index (χ1) is 17.5. The molecule has 0 amide bonds. The quantitative estimate of drug-likeness (QED) is 0.334. The summed E-state index contributed by atoms with van der Waals surface area (Å²) in [6.45, 7) is 5.06. The molecule has 3 heterocycles. The van der Waals surface area contributed by atoms with E-state index in [1.807, 2.05) is 24.3 Å². The Balaban J connectivity index is 1.31. The van der Waals surface area contributed by atoms with E-state index >= 15 is 0 Å². The van der Waals surface area contributed by atoms with Gasteiger partial charge in [0.15, 0.2) is 0 Å². The fourth-order valence-corrected chi connectivity index (χ4v) is 5.69. The predicted molar refractivity (Wildman–Crippen MR) is 149 cm³/mol. The number of nitrogen functional groups attached to an aromatic ring is 1. The fourth-order valence-electron chi connectivity index (χ4n) is 5.69. The number of nitrogens with one attached hydrogen (secondary N) is 3. The minimum atomic E-state index is -0.235. The molecule has 8 heteroatoms. The minimum Gasteiger partial charge on any atom is -0.397 e. The number of aromatic amines is 2. The van der Waals surface area contributed by atoms with Crippen LogP contribution in [0.15, 0.2) is 41.2 Å². The van der Waals surface area contributed by atoms with Crippen LogP contribution in [0.25, 0.3) is 33.3 Å². The molecule has 4 aromatic rings. The average Bonchev–Trinajstić information content (AvgIpc) is 3.31.